The molecular weight excluding hydrogens is 269 g/mol. The molecule has 1 aromatic carbocycles. The molecule has 0 aliphatic heterocycles. The minimum atomic E-state index is -0.0614. The van der Waals surface area contributed by atoms with Crippen molar-refractivity contribution in [1.82, 2.24) is 15.1 Å². The molecular formula is C13H15Cl2N3. The summed E-state index contributed by atoms with van der Waals surface area (Å²) in [5.74, 6) is 0. The van der Waals surface area contributed by atoms with Crippen LogP contribution in [0.5, 0.6) is 0 Å². The van der Waals surface area contributed by atoms with Crippen LogP contribution in [-0.4, -0.2) is 16.8 Å². The zero-order chi connectivity index (χ0) is 13.1. The first kappa shape index (κ1) is 13.4. The van der Waals surface area contributed by atoms with Crippen molar-refractivity contribution >= 4 is 23.2 Å². The zero-order valence-electron chi connectivity index (χ0n) is 10.3. The lowest BCUT2D eigenvalue weighted by atomic mass is 10.0. The second-order valence-electron chi connectivity index (χ2n) is 3.93. The number of benzene rings is 1. The Morgan fingerprint density at radius 1 is 1.28 bits per heavy atom. The van der Waals surface area contributed by atoms with Gasteiger partial charge in [0, 0.05) is 28.4 Å². The Labute approximate surface area is 117 Å². The van der Waals surface area contributed by atoms with Gasteiger partial charge in [0.2, 0.25) is 0 Å². The van der Waals surface area contributed by atoms with Crippen molar-refractivity contribution in [3.63, 3.8) is 0 Å². The molecule has 0 bridgehead atoms. The number of hydrogen-bond donors (Lipinski definition) is 1. The van der Waals surface area contributed by atoms with Crippen molar-refractivity contribution < 1.29 is 0 Å². The van der Waals surface area contributed by atoms with Crippen molar-refractivity contribution in [3.05, 3.63) is 51.8 Å². The van der Waals surface area contributed by atoms with Gasteiger partial charge >= 0.3 is 0 Å². The number of nitrogens with zero attached hydrogens (tertiary/aromatic N) is 2. The highest BCUT2D eigenvalue weighted by Crippen LogP contribution is 2.33. The molecule has 1 atom stereocenters. The standard InChI is InChI=1S/C13H15Cl2N3/c1-3-18-11(7-8-17-18)13(16-2)12-9(14)5-4-6-10(12)15/h4-8,13,16H,3H2,1-2H3. The molecule has 0 radical (unpaired) electrons. The first-order chi connectivity index (χ1) is 8.69. The smallest absolute Gasteiger partial charge is 0.0775 e. The van der Waals surface area contributed by atoms with Crippen molar-refractivity contribution in [2.45, 2.75) is 19.5 Å². The van der Waals surface area contributed by atoms with Crippen LogP contribution in [0.25, 0.3) is 0 Å². The molecule has 0 saturated heterocycles. The molecule has 96 valence electrons. The maximum atomic E-state index is 6.26. The Hall–Kier alpha value is -1.03. The summed E-state index contributed by atoms with van der Waals surface area (Å²) < 4.78 is 1.93. The van der Waals surface area contributed by atoms with E-state index in [-0.39, 0.29) is 6.04 Å². The third kappa shape index (κ3) is 2.39. The van der Waals surface area contributed by atoms with Crippen molar-refractivity contribution in [1.29, 1.82) is 0 Å². The van der Waals surface area contributed by atoms with Crippen LogP contribution >= 0.6 is 23.2 Å². The molecule has 0 saturated carbocycles. The van der Waals surface area contributed by atoms with E-state index in [2.05, 4.69) is 17.3 Å². The van der Waals surface area contributed by atoms with Gasteiger partial charge in [-0.25, -0.2) is 0 Å². The summed E-state index contributed by atoms with van der Waals surface area (Å²) in [4.78, 5) is 0. The van der Waals surface area contributed by atoms with E-state index in [0.717, 1.165) is 17.8 Å². The molecule has 2 aromatic rings. The van der Waals surface area contributed by atoms with Gasteiger partial charge in [-0.3, -0.25) is 4.68 Å². The number of halogens is 2. The lowest BCUT2D eigenvalue weighted by molar-refractivity contribution is 0.563. The van der Waals surface area contributed by atoms with Crippen LogP contribution in [0, 0.1) is 0 Å². The Morgan fingerprint density at radius 2 is 1.94 bits per heavy atom. The van der Waals surface area contributed by atoms with Crippen LogP contribution < -0.4 is 5.32 Å². The van der Waals surface area contributed by atoms with Crippen LogP contribution in [-0.2, 0) is 6.54 Å². The molecule has 3 nitrogen and oxygen atoms in total. The zero-order valence-corrected chi connectivity index (χ0v) is 11.8. The highest BCUT2D eigenvalue weighted by molar-refractivity contribution is 6.36. The van der Waals surface area contributed by atoms with Gasteiger partial charge in [0.05, 0.1) is 11.7 Å². The molecule has 0 spiro atoms. The Balaban J connectivity index is 2.52. The first-order valence-electron chi connectivity index (χ1n) is 5.82. The number of rotatable bonds is 4. The van der Waals surface area contributed by atoms with E-state index in [4.69, 9.17) is 23.2 Å². The van der Waals surface area contributed by atoms with Crippen LogP contribution in [0.15, 0.2) is 30.5 Å². The van der Waals surface area contributed by atoms with Crippen molar-refractivity contribution in [2.75, 3.05) is 7.05 Å². The average Bonchev–Trinajstić information content (AvgIpc) is 2.82. The van der Waals surface area contributed by atoms with Crippen LogP contribution in [0.4, 0.5) is 0 Å². The first-order valence-corrected chi connectivity index (χ1v) is 6.57. The predicted molar refractivity (Wildman–Crippen MR) is 75.3 cm³/mol. The molecule has 5 heteroatoms. The van der Waals surface area contributed by atoms with Gasteiger partial charge in [-0.15, -0.1) is 0 Å². The SMILES string of the molecule is CCn1nccc1C(NC)c1c(Cl)cccc1Cl. The summed E-state index contributed by atoms with van der Waals surface area (Å²) in [5, 5.41) is 8.84. The van der Waals surface area contributed by atoms with Crippen LogP contribution in [0.2, 0.25) is 10.0 Å². The molecule has 1 heterocycles. The minimum absolute atomic E-state index is 0.0614. The van der Waals surface area contributed by atoms with E-state index in [1.165, 1.54) is 0 Å². The topological polar surface area (TPSA) is 29.9 Å². The summed E-state index contributed by atoms with van der Waals surface area (Å²) in [6, 6.07) is 7.45. The summed E-state index contributed by atoms with van der Waals surface area (Å²) in [6.45, 7) is 2.86. The minimum Gasteiger partial charge on any atom is -0.308 e. The summed E-state index contributed by atoms with van der Waals surface area (Å²) in [6.07, 6.45) is 1.79. The molecule has 1 aromatic heterocycles. The Bertz CT molecular complexity index is 517. The molecule has 18 heavy (non-hydrogen) atoms. The molecule has 2 rings (SSSR count). The van der Waals surface area contributed by atoms with Crippen LogP contribution in [0.3, 0.4) is 0 Å². The fourth-order valence-corrected chi connectivity index (χ4v) is 2.69. The summed E-state index contributed by atoms with van der Waals surface area (Å²) in [5.41, 5.74) is 1.94. The second-order valence-corrected chi connectivity index (χ2v) is 4.74. The van der Waals surface area contributed by atoms with Crippen molar-refractivity contribution in [2.24, 2.45) is 0 Å². The van der Waals surface area contributed by atoms with Crippen LogP contribution in [0.1, 0.15) is 24.2 Å². The monoisotopic (exact) mass is 283 g/mol. The number of nitrogens with one attached hydrogen (secondary N) is 1. The maximum Gasteiger partial charge on any atom is 0.0775 e. The summed E-state index contributed by atoms with van der Waals surface area (Å²) in [7, 11) is 1.89. The fourth-order valence-electron chi connectivity index (χ4n) is 2.08. The molecule has 0 amide bonds. The van der Waals surface area contributed by atoms with Gasteiger partial charge in [0.1, 0.15) is 0 Å². The fraction of sp³-hybridized carbons (Fsp3) is 0.308. The van der Waals surface area contributed by atoms with E-state index < -0.39 is 0 Å². The van der Waals surface area contributed by atoms with E-state index in [0.29, 0.717) is 10.0 Å². The average molecular weight is 284 g/mol. The van der Waals surface area contributed by atoms with E-state index in [1.807, 2.05) is 36.0 Å². The highest BCUT2D eigenvalue weighted by atomic mass is 35.5. The highest BCUT2D eigenvalue weighted by Gasteiger charge is 2.21. The number of hydrogen-bond acceptors (Lipinski definition) is 2. The maximum absolute atomic E-state index is 6.26. The summed E-state index contributed by atoms with van der Waals surface area (Å²) >= 11 is 12.5. The Morgan fingerprint density at radius 3 is 2.50 bits per heavy atom. The third-order valence-corrected chi connectivity index (χ3v) is 3.58. The molecule has 0 fully saturated rings. The lowest BCUT2D eigenvalue weighted by Crippen LogP contribution is -2.22. The lowest BCUT2D eigenvalue weighted by Gasteiger charge is -2.20. The van der Waals surface area contributed by atoms with Gasteiger partial charge in [0.15, 0.2) is 0 Å². The molecule has 0 aliphatic carbocycles. The molecule has 1 N–H and O–H groups in total. The molecule has 0 aliphatic rings. The number of aryl methyl sites for hydroxylation is 1. The Kier molecular flexibility index (Phi) is 4.27. The number of aromatic nitrogens is 2. The van der Waals surface area contributed by atoms with Crippen molar-refractivity contribution in [3.8, 4) is 0 Å². The molecule has 1 unspecified atom stereocenters. The predicted octanol–water partition coefficient (Wildman–Crippen LogP) is 3.52. The van der Waals surface area contributed by atoms with E-state index in [9.17, 15) is 0 Å². The normalized spacial score (nSPS) is 12.7. The van der Waals surface area contributed by atoms with Gasteiger partial charge in [0.25, 0.3) is 0 Å². The van der Waals surface area contributed by atoms with Gasteiger partial charge in [-0.05, 0) is 32.2 Å². The largest absolute Gasteiger partial charge is 0.308 e. The van der Waals surface area contributed by atoms with Gasteiger partial charge < -0.3 is 5.32 Å². The second kappa shape index (κ2) is 5.74. The van der Waals surface area contributed by atoms with E-state index >= 15 is 0 Å². The van der Waals surface area contributed by atoms with Gasteiger partial charge in [-0.2, -0.15) is 5.10 Å². The quantitative estimate of drug-likeness (QED) is 0.931. The third-order valence-electron chi connectivity index (χ3n) is 2.92. The van der Waals surface area contributed by atoms with E-state index in [1.54, 1.807) is 6.20 Å². The van der Waals surface area contributed by atoms with Gasteiger partial charge in [-0.1, -0.05) is 29.3 Å².